The van der Waals surface area contributed by atoms with Gasteiger partial charge in [-0.25, -0.2) is 4.98 Å². The number of rotatable bonds is 3. The predicted octanol–water partition coefficient (Wildman–Crippen LogP) is 3.21. The number of aryl methyl sites for hydroxylation is 1. The first-order chi connectivity index (χ1) is 7.59. The second-order valence-corrected chi connectivity index (χ2v) is 5.33. The van der Waals surface area contributed by atoms with Gasteiger partial charge in [-0.05, 0) is 41.2 Å². The van der Waals surface area contributed by atoms with Gasteiger partial charge < -0.3 is 4.57 Å². The molecule has 0 unspecified atom stereocenters. The summed E-state index contributed by atoms with van der Waals surface area (Å²) in [6.07, 6.45) is 1.71. The van der Waals surface area contributed by atoms with Crippen LogP contribution in [0.2, 0.25) is 0 Å². The highest BCUT2D eigenvalue weighted by Gasteiger charge is 2.13. The molecule has 0 saturated carbocycles. The average molecular weight is 299 g/mol. The van der Waals surface area contributed by atoms with Crippen molar-refractivity contribution in [2.75, 3.05) is 0 Å². The van der Waals surface area contributed by atoms with Crippen molar-refractivity contribution in [2.45, 2.75) is 20.4 Å². The van der Waals surface area contributed by atoms with Gasteiger partial charge in [0.05, 0.1) is 23.4 Å². The average Bonchev–Trinajstić information content (AvgIpc) is 2.79. The molecule has 0 saturated heterocycles. The number of carbonyl (C=O) groups is 1. The monoisotopic (exact) mass is 298 g/mol. The fraction of sp³-hybridized carbons (Fsp3) is 0.273. The molecule has 3 nitrogen and oxygen atoms in total. The molecule has 0 fully saturated rings. The molecule has 2 aromatic rings. The zero-order valence-electron chi connectivity index (χ0n) is 9.03. The van der Waals surface area contributed by atoms with Crippen molar-refractivity contribution in [3.63, 3.8) is 0 Å². The summed E-state index contributed by atoms with van der Waals surface area (Å²) in [5, 5.41) is 1.91. The lowest BCUT2D eigenvalue weighted by Crippen LogP contribution is -2.10. The number of Topliss-reactive ketones (excluding diaryl/α,β-unsaturated/α-hetero) is 1. The summed E-state index contributed by atoms with van der Waals surface area (Å²) in [6, 6.07) is 1.89. The maximum atomic E-state index is 12.0. The molecule has 2 heterocycles. The lowest BCUT2D eigenvalue weighted by Gasteiger charge is -2.03. The summed E-state index contributed by atoms with van der Waals surface area (Å²) in [6.45, 7) is 4.27. The van der Waals surface area contributed by atoms with Gasteiger partial charge >= 0.3 is 0 Å². The van der Waals surface area contributed by atoms with Crippen molar-refractivity contribution in [1.82, 2.24) is 9.55 Å². The highest BCUT2D eigenvalue weighted by molar-refractivity contribution is 9.10. The Balaban J connectivity index is 2.20. The molecule has 0 aromatic carbocycles. The maximum absolute atomic E-state index is 12.0. The summed E-state index contributed by atoms with van der Waals surface area (Å²) in [4.78, 5) is 16.9. The lowest BCUT2D eigenvalue weighted by atomic mass is 10.3. The van der Waals surface area contributed by atoms with Gasteiger partial charge in [-0.2, -0.15) is 0 Å². The third kappa shape index (κ3) is 2.10. The van der Waals surface area contributed by atoms with Crippen molar-refractivity contribution in [3.8, 4) is 0 Å². The Labute approximate surface area is 106 Å². The smallest absolute Gasteiger partial charge is 0.193 e. The van der Waals surface area contributed by atoms with Gasteiger partial charge in [0, 0.05) is 10.2 Å². The minimum absolute atomic E-state index is 0.113. The van der Waals surface area contributed by atoms with Crippen LogP contribution >= 0.6 is 27.3 Å². The second kappa shape index (κ2) is 4.51. The molecule has 0 bridgehead atoms. The number of aromatic nitrogens is 2. The zero-order chi connectivity index (χ0) is 11.7. The molecule has 2 aromatic heterocycles. The molecular weight excluding hydrogens is 288 g/mol. The molecule has 0 N–H and O–H groups in total. The standard InChI is InChI=1S/C11H11BrN2OS/c1-7-8(2)14(6-13-7)5-10(15)11-9(12)3-4-16-11/h3-4,6H,5H2,1-2H3. The minimum Gasteiger partial charge on any atom is -0.327 e. The van der Waals surface area contributed by atoms with Gasteiger partial charge in [-0.1, -0.05) is 0 Å². The number of imidazole rings is 1. The fourth-order valence-electron chi connectivity index (χ4n) is 1.42. The van der Waals surface area contributed by atoms with Crippen molar-refractivity contribution < 1.29 is 4.79 Å². The van der Waals surface area contributed by atoms with Gasteiger partial charge in [-0.15, -0.1) is 11.3 Å². The molecule has 0 radical (unpaired) electrons. The number of thiophene rings is 1. The summed E-state index contributed by atoms with van der Waals surface area (Å²) in [5.41, 5.74) is 2.01. The first-order valence-electron chi connectivity index (χ1n) is 4.84. The van der Waals surface area contributed by atoms with Gasteiger partial charge in [0.25, 0.3) is 0 Å². The molecule has 0 amide bonds. The molecule has 84 valence electrons. The number of nitrogens with zero attached hydrogens (tertiary/aromatic N) is 2. The van der Waals surface area contributed by atoms with Crippen LogP contribution in [0.15, 0.2) is 22.2 Å². The van der Waals surface area contributed by atoms with E-state index in [1.54, 1.807) is 6.33 Å². The van der Waals surface area contributed by atoms with Crippen LogP contribution in [0.4, 0.5) is 0 Å². The van der Waals surface area contributed by atoms with E-state index in [-0.39, 0.29) is 5.78 Å². The van der Waals surface area contributed by atoms with Crippen molar-refractivity contribution in [1.29, 1.82) is 0 Å². The highest BCUT2D eigenvalue weighted by Crippen LogP contribution is 2.23. The van der Waals surface area contributed by atoms with Crippen LogP contribution in [0, 0.1) is 13.8 Å². The van der Waals surface area contributed by atoms with E-state index in [2.05, 4.69) is 20.9 Å². The Morgan fingerprint density at radius 3 is 2.81 bits per heavy atom. The topological polar surface area (TPSA) is 34.9 Å². The summed E-state index contributed by atoms with van der Waals surface area (Å²) < 4.78 is 2.75. The molecule has 0 aliphatic carbocycles. The van der Waals surface area contributed by atoms with Crippen molar-refractivity contribution in [2.24, 2.45) is 0 Å². The van der Waals surface area contributed by atoms with Gasteiger partial charge in [0.15, 0.2) is 5.78 Å². The summed E-state index contributed by atoms with van der Waals surface area (Å²) >= 11 is 4.83. The quantitative estimate of drug-likeness (QED) is 0.816. The third-order valence-corrected chi connectivity index (χ3v) is 4.41. The van der Waals surface area contributed by atoms with E-state index in [0.29, 0.717) is 6.54 Å². The highest BCUT2D eigenvalue weighted by atomic mass is 79.9. The van der Waals surface area contributed by atoms with E-state index in [4.69, 9.17) is 0 Å². The zero-order valence-corrected chi connectivity index (χ0v) is 11.4. The SMILES string of the molecule is Cc1ncn(CC(=O)c2sccc2Br)c1C. The molecule has 0 spiro atoms. The maximum Gasteiger partial charge on any atom is 0.193 e. The van der Waals surface area contributed by atoms with Crippen LogP contribution in [0.3, 0.4) is 0 Å². The van der Waals surface area contributed by atoms with Crippen LogP contribution in [0.25, 0.3) is 0 Å². The largest absolute Gasteiger partial charge is 0.327 e. The Bertz CT molecular complexity index is 530. The summed E-state index contributed by atoms with van der Waals surface area (Å²) in [5.74, 6) is 0.113. The van der Waals surface area contributed by atoms with Crippen LogP contribution in [-0.2, 0) is 6.54 Å². The Kier molecular flexibility index (Phi) is 3.25. The van der Waals surface area contributed by atoms with E-state index >= 15 is 0 Å². The normalized spacial score (nSPS) is 10.7. The lowest BCUT2D eigenvalue weighted by molar-refractivity contribution is 0.0974. The second-order valence-electron chi connectivity index (χ2n) is 3.56. The molecule has 0 aliphatic rings. The van der Waals surface area contributed by atoms with Crippen molar-refractivity contribution in [3.05, 3.63) is 38.5 Å². The van der Waals surface area contributed by atoms with E-state index in [9.17, 15) is 4.79 Å². The summed E-state index contributed by atoms with van der Waals surface area (Å²) in [7, 11) is 0. The molecular formula is C11H11BrN2OS. The number of ketones is 1. The molecule has 16 heavy (non-hydrogen) atoms. The number of carbonyl (C=O) groups excluding carboxylic acids is 1. The fourth-order valence-corrected chi connectivity index (χ4v) is 2.95. The van der Waals surface area contributed by atoms with E-state index in [1.165, 1.54) is 11.3 Å². The van der Waals surface area contributed by atoms with Crippen LogP contribution < -0.4 is 0 Å². The molecule has 0 aliphatic heterocycles. The van der Waals surface area contributed by atoms with Gasteiger partial charge in [0.1, 0.15) is 0 Å². The van der Waals surface area contributed by atoms with E-state index < -0.39 is 0 Å². The number of hydrogen-bond acceptors (Lipinski definition) is 3. The van der Waals surface area contributed by atoms with Gasteiger partial charge in [0.2, 0.25) is 0 Å². The predicted molar refractivity (Wildman–Crippen MR) is 68.1 cm³/mol. The van der Waals surface area contributed by atoms with E-state index in [0.717, 1.165) is 20.7 Å². The minimum atomic E-state index is 0.113. The molecule has 5 heteroatoms. The Morgan fingerprint density at radius 1 is 1.56 bits per heavy atom. The first-order valence-corrected chi connectivity index (χ1v) is 6.51. The van der Waals surface area contributed by atoms with Crippen molar-refractivity contribution >= 4 is 33.0 Å². The first kappa shape index (κ1) is 11.5. The molecule has 2 rings (SSSR count). The number of hydrogen-bond donors (Lipinski definition) is 0. The Morgan fingerprint density at radius 2 is 2.31 bits per heavy atom. The Hall–Kier alpha value is -0.940. The van der Waals surface area contributed by atoms with Crippen LogP contribution in [-0.4, -0.2) is 15.3 Å². The van der Waals surface area contributed by atoms with Gasteiger partial charge in [-0.3, -0.25) is 4.79 Å². The number of halogens is 1. The van der Waals surface area contributed by atoms with E-state index in [1.807, 2.05) is 29.9 Å². The van der Waals surface area contributed by atoms with Crippen LogP contribution in [0.5, 0.6) is 0 Å². The third-order valence-electron chi connectivity index (χ3n) is 2.53. The molecule has 0 atom stereocenters. The van der Waals surface area contributed by atoms with Crippen LogP contribution in [0.1, 0.15) is 21.1 Å².